The Morgan fingerprint density at radius 2 is 1.83 bits per heavy atom. The Kier molecular flexibility index (Phi) is 6.17. The van der Waals surface area contributed by atoms with E-state index < -0.39 is 0 Å². The van der Waals surface area contributed by atoms with Crippen LogP contribution >= 0.6 is 11.3 Å². The van der Waals surface area contributed by atoms with Crippen molar-refractivity contribution in [2.75, 3.05) is 0 Å². The summed E-state index contributed by atoms with van der Waals surface area (Å²) in [5.74, 6) is 0.506. The summed E-state index contributed by atoms with van der Waals surface area (Å²) in [7, 11) is 0. The second-order valence-corrected chi connectivity index (χ2v) is 7.02. The highest BCUT2D eigenvalue weighted by molar-refractivity contribution is 7.10. The number of hydrogen-bond donors (Lipinski definition) is 1. The first-order chi connectivity index (χ1) is 11.0. The fraction of sp³-hybridized carbons (Fsp3) is 0.350. The summed E-state index contributed by atoms with van der Waals surface area (Å²) in [4.78, 5) is 13.6. The predicted molar refractivity (Wildman–Crippen MR) is 98.9 cm³/mol. The molecule has 3 heteroatoms. The number of amides is 1. The van der Waals surface area contributed by atoms with E-state index in [1.165, 1.54) is 5.56 Å². The molecule has 2 rings (SSSR count). The minimum atomic E-state index is -0.0936. The number of nitrogens with one attached hydrogen (secondary N) is 1. The summed E-state index contributed by atoms with van der Waals surface area (Å²) >= 11 is 1.67. The Bertz CT molecular complexity index is 653. The van der Waals surface area contributed by atoms with E-state index in [-0.39, 0.29) is 11.9 Å². The summed E-state index contributed by atoms with van der Waals surface area (Å²) in [5, 5.41) is 5.22. The van der Waals surface area contributed by atoms with Gasteiger partial charge in [-0.2, -0.15) is 0 Å². The maximum atomic E-state index is 12.4. The Balaban J connectivity index is 2.28. The van der Waals surface area contributed by atoms with Crippen LogP contribution in [0, 0.1) is 0 Å². The van der Waals surface area contributed by atoms with Gasteiger partial charge in [-0.05, 0) is 41.8 Å². The summed E-state index contributed by atoms with van der Waals surface area (Å²) in [6, 6.07) is 12.6. The van der Waals surface area contributed by atoms with Crippen LogP contribution in [0.5, 0.6) is 0 Å². The van der Waals surface area contributed by atoms with Gasteiger partial charge in [-0.3, -0.25) is 4.79 Å². The van der Waals surface area contributed by atoms with Crippen molar-refractivity contribution in [3.05, 3.63) is 69.4 Å². The van der Waals surface area contributed by atoms with Crippen LogP contribution in [0.3, 0.4) is 0 Å². The highest BCUT2D eigenvalue weighted by Gasteiger charge is 2.18. The quantitative estimate of drug-likeness (QED) is 0.704. The number of allylic oxidation sites excluding steroid dienone is 1. The van der Waals surface area contributed by atoms with Gasteiger partial charge >= 0.3 is 0 Å². The van der Waals surface area contributed by atoms with Crippen LogP contribution in [0.1, 0.15) is 62.1 Å². The maximum absolute atomic E-state index is 12.4. The average Bonchev–Trinajstić information content (AvgIpc) is 3.06. The van der Waals surface area contributed by atoms with Crippen LogP contribution in [0.15, 0.2) is 53.4 Å². The molecule has 1 heterocycles. The molecule has 0 fully saturated rings. The summed E-state index contributed by atoms with van der Waals surface area (Å²) in [6.45, 7) is 8.28. The second kappa shape index (κ2) is 8.11. The van der Waals surface area contributed by atoms with Crippen molar-refractivity contribution in [1.82, 2.24) is 5.32 Å². The molecule has 0 saturated carbocycles. The van der Waals surface area contributed by atoms with Crippen LogP contribution in [-0.2, 0) is 4.79 Å². The first kappa shape index (κ1) is 17.5. The number of thiophene rings is 1. The zero-order valence-corrected chi connectivity index (χ0v) is 15.1. The smallest absolute Gasteiger partial charge is 0.247 e. The Labute approximate surface area is 143 Å². The molecular formula is C20H25NOS. The fourth-order valence-corrected chi connectivity index (χ4v) is 3.29. The zero-order valence-electron chi connectivity index (χ0n) is 14.3. The maximum Gasteiger partial charge on any atom is 0.247 e. The van der Waals surface area contributed by atoms with Crippen LogP contribution in [0.2, 0.25) is 0 Å². The lowest BCUT2D eigenvalue weighted by molar-refractivity contribution is -0.117. The Morgan fingerprint density at radius 1 is 1.17 bits per heavy atom. The second-order valence-electron chi connectivity index (χ2n) is 6.04. The third-order valence-corrected chi connectivity index (χ3v) is 4.85. The van der Waals surface area contributed by atoms with Gasteiger partial charge in [-0.15, -0.1) is 11.3 Å². The van der Waals surface area contributed by atoms with E-state index in [4.69, 9.17) is 0 Å². The minimum Gasteiger partial charge on any atom is -0.341 e. The molecule has 0 radical (unpaired) electrons. The molecule has 2 aromatic rings. The molecule has 1 atom stereocenters. The van der Waals surface area contributed by atoms with Crippen LogP contribution in [0.4, 0.5) is 0 Å². The Morgan fingerprint density at radius 3 is 2.35 bits per heavy atom. The summed E-state index contributed by atoms with van der Waals surface area (Å²) in [5.41, 5.74) is 3.20. The number of benzene rings is 1. The molecule has 1 N–H and O–H groups in total. The molecule has 0 saturated heterocycles. The van der Waals surface area contributed by atoms with Crippen LogP contribution < -0.4 is 5.32 Å². The van der Waals surface area contributed by atoms with Crippen molar-refractivity contribution < 1.29 is 4.79 Å². The van der Waals surface area contributed by atoms with E-state index in [1.807, 2.05) is 31.4 Å². The molecule has 0 bridgehead atoms. The van der Waals surface area contributed by atoms with Crippen LogP contribution in [-0.4, -0.2) is 5.91 Å². The van der Waals surface area contributed by atoms with Gasteiger partial charge in [0, 0.05) is 10.5 Å². The van der Waals surface area contributed by atoms with Gasteiger partial charge in [0.25, 0.3) is 0 Å². The van der Waals surface area contributed by atoms with Crippen molar-refractivity contribution in [2.45, 2.75) is 46.1 Å². The molecule has 0 aliphatic carbocycles. The largest absolute Gasteiger partial charge is 0.341 e. The topological polar surface area (TPSA) is 29.1 Å². The van der Waals surface area contributed by atoms with E-state index in [2.05, 4.69) is 49.5 Å². The minimum absolute atomic E-state index is 0.00168. The molecule has 1 amide bonds. The van der Waals surface area contributed by atoms with E-state index in [0.717, 1.165) is 22.4 Å². The molecule has 2 nitrogen and oxygen atoms in total. The van der Waals surface area contributed by atoms with Crippen molar-refractivity contribution in [1.29, 1.82) is 0 Å². The fourth-order valence-electron chi connectivity index (χ4n) is 2.49. The van der Waals surface area contributed by atoms with Gasteiger partial charge in [0.1, 0.15) is 0 Å². The van der Waals surface area contributed by atoms with Gasteiger partial charge < -0.3 is 5.32 Å². The molecule has 0 spiro atoms. The third kappa shape index (κ3) is 4.55. The molecule has 1 unspecified atom stereocenters. The highest BCUT2D eigenvalue weighted by Crippen LogP contribution is 2.27. The van der Waals surface area contributed by atoms with Gasteiger partial charge in [-0.25, -0.2) is 0 Å². The summed E-state index contributed by atoms with van der Waals surface area (Å²) < 4.78 is 0. The molecule has 23 heavy (non-hydrogen) atoms. The zero-order chi connectivity index (χ0) is 16.8. The van der Waals surface area contributed by atoms with Gasteiger partial charge in [-0.1, -0.05) is 57.2 Å². The Hall–Kier alpha value is -1.87. The number of carbonyl (C=O) groups is 1. The first-order valence-corrected chi connectivity index (χ1v) is 9.01. The van der Waals surface area contributed by atoms with Crippen molar-refractivity contribution in [3.63, 3.8) is 0 Å². The number of carbonyl (C=O) groups excluding carboxylic acids is 1. The highest BCUT2D eigenvalue weighted by atomic mass is 32.1. The SMILES string of the molecule is CCC=C(C)C(=O)NC(c1ccc(C(C)C)cc1)c1cccs1. The van der Waals surface area contributed by atoms with Crippen molar-refractivity contribution in [3.8, 4) is 0 Å². The van der Waals surface area contributed by atoms with Crippen LogP contribution in [0.25, 0.3) is 0 Å². The lowest BCUT2D eigenvalue weighted by Crippen LogP contribution is -2.29. The molecular weight excluding hydrogens is 302 g/mol. The normalized spacial score (nSPS) is 13.2. The standard InChI is InChI=1S/C20H25NOS/c1-5-7-15(4)20(22)21-19(18-8-6-13-23-18)17-11-9-16(10-12-17)14(2)3/h6-14,19H,5H2,1-4H3,(H,21,22). The molecule has 1 aromatic heterocycles. The van der Waals surface area contributed by atoms with Crippen molar-refractivity contribution >= 4 is 17.2 Å². The molecule has 1 aromatic carbocycles. The van der Waals surface area contributed by atoms with Gasteiger partial charge in [0.05, 0.1) is 6.04 Å². The molecule has 0 aliphatic rings. The average molecular weight is 327 g/mol. The molecule has 0 aliphatic heterocycles. The van der Waals surface area contributed by atoms with E-state index in [1.54, 1.807) is 11.3 Å². The molecule has 122 valence electrons. The monoisotopic (exact) mass is 327 g/mol. The van der Waals surface area contributed by atoms with E-state index in [9.17, 15) is 4.79 Å². The summed E-state index contributed by atoms with van der Waals surface area (Å²) in [6.07, 6.45) is 2.83. The van der Waals surface area contributed by atoms with Gasteiger partial charge in [0.2, 0.25) is 5.91 Å². The third-order valence-electron chi connectivity index (χ3n) is 3.91. The van der Waals surface area contributed by atoms with Gasteiger partial charge in [0.15, 0.2) is 0 Å². The number of rotatable bonds is 6. The predicted octanol–water partition coefficient (Wildman–Crippen LogP) is 5.43. The first-order valence-electron chi connectivity index (χ1n) is 8.13. The number of hydrogen-bond acceptors (Lipinski definition) is 2. The lowest BCUT2D eigenvalue weighted by Gasteiger charge is -2.19. The van der Waals surface area contributed by atoms with Crippen molar-refractivity contribution in [2.24, 2.45) is 0 Å². The van der Waals surface area contributed by atoms with E-state index >= 15 is 0 Å². The lowest BCUT2D eigenvalue weighted by atomic mass is 9.98. The van der Waals surface area contributed by atoms with E-state index in [0.29, 0.717) is 5.92 Å².